The number of amides is 1. The van der Waals surface area contributed by atoms with Gasteiger partial charge in [0.25, 0.3) is 0 Å². The van der Waals surface area contributed by atoms with E-state index in [4.69, 9.17) is 14.0 Å². The number of rotatable bonds is 6. The number of benzene rings is 2. The zero-order chi connectivity index (χ0) is 21.3. The summed E-state index contributed by atoms with van der Waals surface area (Å²) in [6, 6.07) is 11.6. The molecule has 7 heteroatoms. The largest absolute Gasteiger partial charge is 0.493 e. The molecule has 1 saturated heterocycles. The molecule has 1 aromatic heterocycles. The molecular weight excluding hydrogens is 382 g/mol. The van der Waals surface area contributed by atoms with Gasteiger partial charge in [0.15, 0.2) is 11.5 Å². The van der Waals surface area contributed by atoms with Crippen LogP contribution in [0.2, 0.25) is 0 Å². The lowest BCUT2D eigenvalue weighted by Crippen LogP contribution is -2.26. The average molecular weight is 407 g/mol. The van der Waals surface area contributed by atoms with Gasteiger partial charge in [-0.2, -0.15) is 4.98 Å². The molecule has 0 aliphatic carbocycles. The molecule has 1 atom stereocenters. The molecule has 30 heavy (non-hydrogen) atoms. The Hall–Kier alpha value is -3.35. The summed E-state index contributed by atoms with van der Waals surface area (Å²) in [5.74, 6) is 2.14. The van der Waals surface area contributed by atoms with Gasteiger partial charge >= 0.3 is 0 Å². The maximum atomic E-state index is 12.7. The van der Waals surface area contributed by atoms with Gasteiger partial charge in [-0.1, -0.05) is 23.4 Å². The smallest absolute Gasteiger partial charge is 0.232 e. The number of carbonyl (C=O) groups is 1. The third-order valence-corrected chi connectivity index (χ3v) is 5.35. The number of para-hydroxylation sites is 1. The standard InChI is InChI=1S/C23H25N3O4/c1-5-29-18-10-9-16(11-19(18)28-4)22-24-23(30-25-22)17-12-20(27)26(13-17)21-14(2)7-6-8-15(21)3/h6-11,17H,5,12-13H2,1-4H3. The highest BCUT2D eigenvalue weighted by atomic mass is 16.5. The number of carbonyl (C=O) groups excluding carboxylic acids is 1. The zero-order valence-electron chi connectivity index (χ0n) is 17.6. The van der Waals surface area contributed by atoms with Crippen molar-refractivity contribution in [3.05, 3.63) is 53.4 Å². The lowest BCUT2D eigenvalue weighted by atomic mass is 10.1. The Morgan fingerprint density at radius 3 is 2.63 bits per heavy atom. The summed E-state index contributed by atoms with van der Waals surface area (Å²) in [5.41, 5.74) is 3.90. The highest BCUT2D eigenvalue weighted by Crippen LogP contribution is 2.36. The predicted octanol–water partition coefficient (Wildman–Crippen LogP) is 4.28. The van der Waals surface area contributed by atoms with Crippen molar-refractivity contribution in [2.75, 3.05) is 25.2 Å². The van der Waals surface area contributed by atoms with Gasteiger partial charge in [-0.25, -0.2) is 0 Å². The van der Waals surface area contributed by atoms with Crippen LogP contribution in [0.5, 0.6) is 11.5 Å². The fraction of sp³-hybridized carbons (Fsp3) is 0.348. The number of hydrogen-bond donors (Lipinski definition) is 0. The van der Waals surface area contributed by atoms with Crippen LogP contribution < -0.4 is 14.4 Å². The number of hydrogen-bond acceptors (Lipinski definition) is 6. The number of aromatic nitrogens is 2. The molecule has 3 aromatic rings. The van der Waals surface area contributed by atoms with E-state index in [0.717, 1.165) is 22.4 Å². The minimum Gasteiger partial charge on any atom is -0.493 e. The molecule has 1 amide bonds. The van der Waals surface area contributed by atoms with Crippen molar-refractivity contribution >= 4 is 11.6 Å². The Kier molecular flexibility index (Phi) is 5.44. The average Bonchev–Trinajstić information content (AvgIpc) is 3.36. The normalized spacial score (nSPS) is 16.2. The monoisotopic (exact) mass is 407 g/mol. The lowest BCUT2D eigenvalue weighted by Gasteiger charge is -2.21. The Labute approximate surface area is 175 Å². The number of anilines is 1. The summed E-state index contributed by atoms with van der Waals surface area (Å²) in [5, 5.41) is 4.13. The number of ether oxygens (including phenoxy) is 2. The van der Waals surface area contributed by atoms with Crippen LogP contribution in [0.25, 0.3) is 11.4 Å². The molecule has 1 aliphatic heterocycles. The van der Waals surface area contributed by atoms with E-state index in [2.05, 4.69) is 10.1 Å². The molecule has 1 aliphatic rings. The summed E-state index contributed by atoms with van der Waals surface area (Å²) in [6.45, 7) is 7.04. The lowest BCUT2D eigenvalue weighted by molar-refractivity contribution is -0.117. The Morgan fingerprint density at radius 1 is 1.17 bits per heavy atom. The molecular formula is C23H25N3O4. The van der Waals surface area contributed by atoms with Gasteiger partial charge in [-0.3, -0.25) is 4.79 Å². The molecule has 1 unspecified atom stereocenters. The summed E-state index contributed by atoms with van der Waals surface area (Å²) in [6.07, 6.45) is 0.349. The number of aryl methyl sites for hydroxylation is 2. The van der Waals surface area contributed by atoms with Gasteiger partial charge in [-0.05, 0) is 50.1 Å². The van der Waals surface area contributed by atoms with Crippen molar-refractivity contribution in [1.29, 1.82) is 0 Å². The first kappa shape index (κ1) is 19.9. The van der Waals surface area contributed by atoms with Crippen LogP contribution in [0.4, 0.5) is 5.69 Å². The van der Waals surface area contributed by atoms with Crippen LogP contribution in [-0.2, 0) is 4.79 Å². The Bertz CT molecular complexity index is 1060. The number of nitrogens with zero attached hydrogens (tertiary/aromatic N) is 3. The van der Waals surface area contributed by atoms with Crippen LogP contribution in [0.15, 0.2) is 40.9 Å². The van der Waals surface area contributed by atoms with Crippen LogP contribution in [0.1, 0.15) is 36.3 Å². The van der Waals surface area contributed by atoms with E-state index in [-0.39, 0.29) is 11.8 Å². The topological polar surface area (TPSA) is 77.7 Å². The first-order valence-electron chi connectivity index (χ1n) is 10.0. The number of methoxy groups -OCH3 is 1. The molecule has 0 spiro atoms. The highest BCUT2D eigenvalue weighted by molar-refractivity contribution is 5.97. The first-order valence-corrected chi connectivity index (χ1v) is 10.0. The minimum atomic E-state index is -0.137. The van der Waals surface area contributed by atoms with Gasteiger partial charge in [0, 0.05) is 24.2 Å². The zero-order valence-corrected chi connectivity index (χ0v) is 17.6. The second kappa shape index (κ2) is 8.18. The van der Waals surface area contributed by atoms with Crippen molar-refractivity contribution < 1.29 is 18.8 Å². The van der Waals surface area contributed by atoms with Crippen LogP contribution >= 0.6 is 0 Å². The van der Waals surface area contributed by atoms with Crippen molar-refractivity contribution in [1.82, 2.24) is 10.1 Å². The molecule has 2 heterocycles. The molecule has 4 rings (SSSR count). The minimum absolute atomic E-state index is 0.0693. The third-order valence-electron chi connectivity index (χ3n) is 5.35. The molecule has 2 aromatic carbocycles. The van der Waals surface area contributed by atoms with Crippen LogP contribution in [0.3, 0.4) is 0 Å². The molecule has 1 fully saturated rings. The summed E-state index contributed by atoms with van der Waals surface area (Å²) in [4.78, 5) is 19.1. The van der Waals surface area contributed by atoms with E-state index in [1.165, 1.54) is 0 Å². The maximum absolute atomic E-state index is 12.7. The predicted molar refractivity (Wildman–Crippen MR) is 113 cm³/mol. The summed E-state index contributed by atoms with van der Waals surface area (Å²) < 4.78 is 16.5. The van der Waals surface area contributed by atoms with Crippen LogP contribution in [0, 0.1) is 13.8 Å². The molecule has 0 N–H and O–H groups in total. The van der Waals surface area contributed by atoms with Crippen molar-refractivity contribution in [2.24, 2.45) is 0 Å². The van der Waals surface area contributed by atoms with E-state index in [1.807, 2.05) is 62.1 Å². The van der Waals surface area contributed by atoms with E-state index in [1.54, 1.807) is 7.11 Å². The van der Waals surface area contributed by atoms with E-state index in [9.17, 15) is 4.79 Å². The van der Waals surface area contributed by atoms with Crippen molar-refractivity contribution in [3.8, 4) is 22.9 Å². The molecule has 0 radical (unpaired) electrons. The van der Waals surface area contributed by atoms with Gasteiger partial charge in [0.2, 0.25) is 17.6 Å². The Morgan fingerprint density at radius 2 is 1.93 bits per heavy atom. The second-order valence-corrected chi connectivity index (χ2v) is 7.40. The fourth-order valence-corrected chi connectivity index (χ4v) is 3.92. The molecule has 156 valence electrons. The van der Waals surface area contributed by atoms with Crippen molar-refractivity contribution in [2.45, 2.75) is 33.1 Å². The van der Waals surface area contributed by atoms with Crippen LogP contribution in [-0.4, -0.2) is 36.3 Å². The Balaban J connectivity index is 1.57. The van der Waals surface area contributed by atoms with Gasteiger partial charge < -0.3 is 18.9 Å². The SMILES string of the molecule is CCOc1ccc(-c2noc(C3CC(=O)N(c4c(C)cccc4C)C3)n2)cc1OC. The molecule has 7 nitrogen and oxygen atoms in total. The van der Waals surface area contributed by atoms with Gasteiger partial charge in [0.05, 0.1) is 19.6 Å². The quantitative estimate of drug-likeness (QED) is 0.607. The van der Waals surface area contributed by atoms with E-state index >= 15 is 0 Å². The van der Waals surface area contributed by atoms with Crippen molar-refractivity contribution in [3.63, 3.8) is 0 Å². The van der Waals surface area contributed by atoms with E-state index < -0.39 is 0 Å². The highest BCUT2D eigenvalue weighted by Gasteiger charge is 2.36. The van der Waals surface area contributed by atoms with Gasteiger partial charge in [0.1, 0.15) is 0 Å². The second-order valence-electron chi connectivity index (χ2n) is 7.40. The third kappa shape index (κ3) is 3.63. The summed E-state index contributed by atoms with van der Waals surface area (Å²) >= 11 is 0. The molecule has 0 bridgehead atoms. The summed E-state index contributed by atoms with van der Waals surface area (Å²) in [7, 11) is 1.59. The van der Waals surface area contributed by atoms with Gasteiger partial charge in [-0.15, -0.1) is 0 Å². The maximum Gasteiger partial charge on any atom is 0.232 e. The molecule has 0 saturated carbocycles. The van der Waals surface area contributed by atoms with E-state index in [0.29, 0.717) is 42.8 Å². The first-order chi connectivity index (χ1) is 14.5. The fourth-order valence-electron chi connectivity index (χ4n) is 3.92.